The minimum absolute atomic E-state index is 0.241. The van der Waals surface area contributed by atoms with Gasteiger partial charge in [0.15, 0.2) is 5.60 Å². The molecule has 96 valence electrons. The maximum absolute atomic E-state index is 11.7. The summed E-state index contributed by atoms with van der Waals surface area (Å²) in [6.45, 7) is 6.75. The lowest BCUT2D eigenvalue weighted by Crippen LogP contribution is -2.44. The predicted molar refractivity (Wildman–Crippen MR) is 63.4 cm³/mol. The highest BCUT2D eigenvalue weighted by atomic mass is 16.6. The Morgan fingerprint density at radius 3 is 2.35 bits per heavy atom. The molecule has 2 aliphatic rings. The van der Waals surface area contributed by atoms with Crippen LogP contribution in [-0.4, -0.2) is 17.6 Å². The molecule has 2 fully saturated rings. The summed E-state index contributed by atoms with van der Waals surface area (Å²) in [7, 11) is 0. The number of rotatable bonds is 2. The first-order chi connectivity index (χ1) is 7.89. The molecule has 0 radical (unpaired) electrons. The van der Waals surface area contributed by atoms with Crippen molar-refractivity contribution in [2.24, 2.45) is 11.3 Å². The number of alkyl carbamates (subject to hydrolysis) is 1. The summed E-state index contributed by atoms with van der Waals surface area (Å²) in [6, 6.07) is 0. The van der Waals surface area contributed by atoms with Gasteiger partial charge in [-0.3, -0.25) is 10.1 Å². The van der Waals surface area contributed by atoms with Crippen molar-refractivity contribution in [1.29, 1.82) is 0 Å². The third-order valence-electron chi connectivity index (χ3n) is 4.73. The Bertz CT molecular complexity index is 341. The van der Waals surface area contributed by atoms with Crippen LogP contribution < -0.4 is 5.32 Å². The maximum Gasteiger partial charge on any atom is 0.415 e. The first kappa shape index (κ1) is 12.4. The Hall–Kier alpha value is -1.06. The molecule has 0 aromatic carbocycles. The van der Waals surface area contributed by atoms with Crippen molar-refractivity contribution in [3.8, 4) is 0 Å². The van der Waals surface area contributed by atoms with Gasteiger partial charge in [-0.1, -0.05) is 27.2 Å². The molecule has 2 amide bonds. The molecule has 4 nitrogen and oxygen atoms in total. The topological polar surface area (TPSA) is 55.4 Å². The Morgan fingerprint density at radius 1 is 1.35 bits per heavy atom. The summed E-state index contributed by atoms with van der Waals surface area (Å²) in [5.74, 6) is 0.375. The number of hydrogen-bond acceptors (Lipinski definition) is 3. The molecule has 1 heterocycles. The van der Waals surface area contributed by atoms with Crippen LogP contribution in [0.3, 0.4) is 0 Å². The first-order valence-electron chi connectivity index (χ1n) is 6.44. The molecule has 2 rings (SSSR count). The molecule has 1 aliphatic carbocycles. The summed E-state index contributed by atoms with van der Waals surface area (Å²) in [5.41, 5.74) is -0.544. The number of ether oxygens (including phenoxy) is 1. The molecule has 0 bridgehead atoms. The molecular weight excluding hydrogens is 218 g/mol. The number of hydrogen-bond donors (Lipinski definition) is 1. The normalized spacial score (nSPS) is 33.7. The molecule has 1 saturated heterocycles. The van der Waals surface area contributed by atoms with Crippen molar-refractivity contribution in [3.63, 3.8) is 0 Å². The minimum atomic E-state index is -0.850. The second-order valence-corrected chi connectivity index (χ2v) is 5.95. The average molecular weight is 239 g/mol. The van der Waals surface area contributed by atoms with Crippen molar-refractivity contribution < 1.29 is 14.3 Å². The molecule has 1 aliphatic heterocycles. The third kappa shape index (κ3) is 2.05. The highest BCUT2D eigenvalue weighted by Crippen LogP contribution is 2.45. The van der Waals surface area contributed by atoms with Crippen molar-refractivity contribution in [1.82, 2.24) is 5.32 Å². The molecular formula is C13H21NO3. The second kappa shape index (κ2) is 4.00. The minimum Gasteiger partial charge on any atom is -0.432 e. The average Bonchev–Trinajstić information content (AvgIpc) is 2.54. The van der Waals surface area contributed by atoms with Crippen LogP contribution in [0.1, 0.15) is 52.9 Å². The Balaban J connectivity index is 2.03. The van der Waals surface area contributed by atoms with Gasteiger partial charge >= 0.3 is 6.09 Å². The number of carbonyl (C=O) groups is 2. The summed E-state index contributed by atoms with van der Waals surface area (Å²) in [4.78, 5) is 22.8. The van der Waals surface area contributed by atoms with Crippen LogP contribution >= 0.6 is 0 Å². The van der Waals surface area contributed by atoms with Crippen LogP contribution in [0, 0.1) is 11.3 Å². The Morgan fingerprint density at radius 2 is 1.94 bits per heavy atom. The van der Waals surface area contributed by atoms with E-state index in [2.05, 4.69) is 26.1 Å². The van der Waals surface area contributed by atoms with Gasteiger partial charge in [0.2, 0.25) is 0 Å². The van der Waals surface area contributed by atoms with Crippen LogP contribution in [0.25, 0.3) is 0 Å². The van der Waals surface area contributed by atoms with Gasteiger partial charge in [0.1, 0.15) is 0 Å². The zero-order valence-electron chi connectivity index (χ0n) is 10.8. The van der Waals surface area contributed by atoms with Crippen molar-refractivity contribution >= 4 is 12.0 Å². The molecule has 0 atom stereocenters. The number of nitrogens with one attached hydrogen (secondary N) is 1. The first-order valence-corrected chi connectivity index (χ1v) is 6.44. The zero-order valence-corrected chi connectivity index (χ0v) is 10.8. The van der Waals surface area contributed by atoms with Gasteiger partial charge < -0.3 is 4.74 Å². The van der Waals surface area contributed by atoms with Crippen LogP contribution in [0.5, 0.6) is 0 Å². The molecule has 0 aromatic rings. The van der Waals surface area contributed by atoms with Gasteiger partial charge in [0.05, 0.1) is 0 Å². The maximum atomic E-state index is 11.7. The second-order valence-electron chi connectivity index (χ2n) is 5.95. The van der Waals surface area contributed by atoms with E-state index < -0.39 is 11.7 Å². The predicted octanol–water partition coefficient (Wildman–Crippen LogP) is 2.62. The van der Waals surface area contributed by atoms with Crippen molar-refractivity contribution in [2.75, 3.05) is 0 Å². The van der Waals surface area contributed by atoms with Gasteiger partial charge in [0, 0.05) is 0 Å². The van der Waals surface area contributed by atoms with Crippen LogP contribution in [-0.2, 0) is 9.53 Å². The Labute approximate surface area is 102 Å². The summed E-state index contributed by atoms with van der Waals surface area (Å²) in [6.07, 6.45) is 3.81. The lowest BCUT2D eigenvalue weighted by atomic mass is 9.66. The molecule has 1 saturated carbocycles. The van der Waals surface area contributed by atoms with E-state index in [1.165, 1.54) is 0 Å². The summed E-state index contributed by atoms with van der Waals surface area (Å²) in [5, 5.41) is 2.24. The van der Waals surface area contributed by atoms with Gasteiger partial charge in [-0.15, -0.1) is 0 Å². The van der Waals surface area contributed by atoms with Crippen LogP contribution in [0.2, 0.25) is 0 Å². The SMILES string of the molecule is CCC(C)(C)C1CCC2(CC1)OC(=O)NC2=O. The molecule has 0 unspecified atom stereocenters. The van der Waals surface area contributed by atoms with E-state index >= 15 is 0 Å². The lowest BCUT2D eigenvalue weighted by Gasteiger charge is -2.41. The fourth-order valence-corrected chi connectivity index (χ4v) is 2.94. The van der Waals surface area contributed by atoms with Gasteiger partial charge in [-0.05, 0) is 37.0 Å². The van der Waals surface area contributed by atoms with E-state index in [1.54, 1.807) is 0 Å². The molecule has 1 spiro atoms. The highest BCUT2D eigenvalue weighted by molar-refractivity contribution is 6.02. The van der Waals surface area contributed by atoms with Gasteiger partial charge in [0.25, 0.3) is 5.91 Å². The van der Waals surface area contributed by atoms with Crippen LogP contribution in [0.4, 0.5) is 4.79 Å². The van der Waals surface area contributed by atoms with E-state index in [-0.39, 0.29) is 5.91 Å². The van der Waals surface area contributed by atoms with E-state index in [0.717, 1.165) is 19.3 Å². The monoisotopic (exact) mass is 239 g/mol. The fraction of sp³-hybridized carbons (Fsp3) is 0.846. The molecule has 4 heteroatoms. The smallest absolute Gasteiger partial charge is 0.415 e. The van der Waals surface area contributed by atoms with Gasteiger partial charge in [-0.2, -0.15) is 0 Å². The molecule has 1 N–H and O–H groups in total. The largest absolute Gasteiger partial charge is 0.432 e. The van der Waals surface area contributed by atoms with E-state index in [4.69, 9.17) is 4.74 Å². The number of imide groups is 1. The molecule has 17 heavy (non-hydrogen) atoms. The zero-order chi connectivity index (χ0) is 12.7. The van der Waals surface area contributed by atoms with Crippen molar-refractivity contribution in [3.05, 3.63) is 0 Å². The molecule has 0 aromatic heterocycles. The standard InChI is InChI=1S/C13H21NO3/c1-4-12(2,3)9-5-7-13(8-6-9)10(15)14-11(16)17-13/h9H,4-8H2,1-3H3,(H,14,15,16). The van der Waals surface area contributed by atoms with Crippen molar-refractivity contribution in [2.45, 2.75) is 58.5 Å². The third-order valence-corrected chi connectivity index (χ3v) is 4.73. The highest BCUT2D eigenvalue weighted by Gasteiger charge is 2.51. The van der Waals surface area contributed by atoms with E-state index in [0.29, 0.717) is 24.2 Å². The quantitative estimate of drug-likeness (QED) is 0.806. The summed E-state index contributed by atoms with van der Waals surface area (Å²) >= 11 is 0. The number of carbonyl (C=O) groups excluding carboxylic acids is 2. The van der Waals surface area contributed by atoms with E-state index in [9.17, 15) is 9.59 Å². The lowest BCUT2D eigenvalue weighted by molar-refractivity contribution is -0.135. The van der Waals surface area contributed by atoms with E-state index in [1.807, 2.05) is 0 Å². The van der Waals surface area contributed by atoms with Gasteiger partial charge in [-0.25, -0.2) is 4.79 Å². The fourth-order valence-electron chi connectivity index (χ4n) is 2.94. The van der Waals surface area contributed by atoms with Crippen LogP contribution in [0.15, 0.2) is 0 Å². The summed E-state index contributed by atoms with van der Waals surface area (Å²) < 4.78 is 5.20. The Kier molecular flexibility index (Phi) is 2.92. The number of amides is 2.